The molecule has 2 aromatic rings. The van der Waals surface area contributed by atoms with Crippen molar-refractivity contribution in [3.8, 4) is 0 Å². The molecule has 0 aliphatic heterocycles. The van der Waals surface area contributed by atoms with Crippen LogP contribution in [0.25, 0.3) is 0 Å². The van der Waals surface area contributed by atoms with E-state index in [1.165, 1.54) is 0 Å². The van der Waals surface area contributed by atoms with Gasteiger partial charge in [-0.15, -0.1) is 11.8 Å². The second kappa shape index (κ2) is 8.22. The normalized spacial score (nSPS) is 10.5. The smallest absolute Gasteiger partial charge is 0.255 e. The first kappa shape index (κ1) is 18.4. The molecule has 0 atom stereocenters. The Bertz CT molecular complexity index is 745. The molecule has 6 heteroatoms. The van der Waals surface area contributed by atoms with Crippen molar-refractivity contribution < 1.29 is 9.59 Å². The second-order valence-corrected chi connectivity index (χ2v) is 6.82. The third-order valence-corrected chi connectivity index (χ3v) is 4.23. The van der Waals surface area contributed by atoms with E-state index >= 15 is 0 Å². The zero-order valence-corrected chi connectivity index (χ0v) is 15.3. The molecule has 0 bridgehead atoms. The molecular weight excluding hydrogens is 344 g/mol. The van der Waals surface area contributed by atoms with Gasteiger partial charge in [-0.05, 0) is 62.6 Å². The van der Waals surface area contributed by atoms with Gasteiger partial charge < -0.3 is 10.6 Å². The zero-order chi connectivity index (χ0) is 17.7. The number of hydrogen-bond donors (Lipinski definition) is 2. The third kappa shape index (κ3) is 4.76. The highest BCUT2D eigenvalue weighted by Crippen LogP contribution is 2.22. The highest BCUT2D eigenvalue weighted by atomic mass is 35.5. The Morgan fingerprint density at radius 3 is 2.29 bits per heavy atom. The van der Waals surface area contributed by atoms with Gasteiger partial charge >= 0.3 is 0 Å². The average molecular weight is 363 g/mol. The van der Waals surface area contributed by atoms with Crippen LogP contribution in [0.3, 0.4) is 0 Å². The Kier molecular flexibility index (Phi) is 6.29. The molecule has 0 radical (unpaired) electrons. The molecule has 24 heavy (non-hydrogen) atoms. The van der Waals surface area contributed by atoms with E-state index in [2.05, 4.69) is 10.6 Å². The van der Waals surface area contributed by atoms with E-state index in [-0.39, 0.29) is 17.9 Å². The van der Waals surface area contributed by atoms with Gasteiger partial charge in [0.05, 0.1) is 11.3 Å². The van der Waals surface area contributed by atoms with Crippen LogP contribution < -0.4 is 10.6 Å². The lowest BCUT2D eigenvalue weighted by molar-refractivity contribution is 0.0944. The fraction of sp³-hybridized carbons (Fsp3) is 0.222. The highest BCUT2D eigenvalue weighted by molar-refractivity contribution is 7.98. The summed E-state index contributed by atoms with van der Waals surface area (Å²) in [5.41, 5.74) is 1.28. The van der Waals surface area contributed by atoms with Crippen LogP contribution in [0.1, 0.15) is 34.6 Å². The Hall–Kier alpha value is -1.98. The zero-order valence-electron chi connectivity index (χ0n) is 13.7. The molecule has 0 aliphatic carbocycles. The summed E-state index contributed by atoms with van der Waals surface area (Å²) in [6.45, 7) is 3.75. The van der Waals surface area contributed by atoms with Crippen molar-refractivity contribution in [2.24, 2.45) is 0 Å². The monoisotopic (exact) mass is 362 g/mol. The van der Waals surface area contributed by atoms with E-state index in [0.717, 1.165) is 4.90 Å². The maximum atomic E-state index is 12.4. The van der Waals surface area contributed by atoms with Crippen molar-refractivity contribution in [3.05, 3.63) is 58.6 Å². The summed E-state index contributed by atoms with van der Waals surface area (Å²) >= 11 is 7.62. The van der Waals surface area contributed by atoms with Crippen LogP contribution in [0.5, 0.6) is 0 Å². The number of anilines is 1. The summed E-state index contributed by atoms with van der Waals surface area (Å²) in [6, 6.07) is 12.1. The van der Waals surface area contributed by atoms with Crippen molar-refractivity contribution in [3.63, 3.8) is 0 Å². The van der Waals surface area contributed by atoms with Gasteiger partial charge in [0, 0.05) is 21.5 Å². The summed E-state index contributed by atoms with van der Waals surface area (Å²) in [5.74, 6) is -0.543. The fourth-order valence-corrected chi connectivity index (χ4v) is 2.68. The molecule has 0 saturated heterocycles. The van der Waals surface area contributed by atoms with E-state index in [1.807, 2.05) is 32.2 Å². The lowest BCUT2D eigenvalue weighted by atomic mass is 10.1. The van der Waals surface area contributed by atoms with Gasteiger partial charge in [0.15, 0.2) is 0 Å². The predicted molar refractivity (Wildman–Crippen MR) is 100 cm³/mol. The van der Waals surface area contributed by atoms with Crippen LogP contribution in [-0.4, -0.2) is 24.1 Å². The van der Waals surface area contributed by atoms with Crippen LogP contribution in [0.15, 0.2) is 47.4 Å². The van der Waals surface area contributed by atoms with Gasteiger partial charge in [0.1, 0.15) is 0 Å². The van der Waals surface area contributed by atoms with Gasteiger partial charge in [-0.2, -0.15) is 0 Å². The largest absolute Gasteiger partial charge is 0.350 e. The average Bonchev–Trinajstić information content (AvgIpc) is 2.54. The number of carbonyl (C=O) groups excluding carboxylic acids is 2. The summed E-state index contributed by atoms with van der Waals surface area (Å²) in [7, 11) is 0. The molecule has 0 fully saturated rings. The first-order valence-corrected chi connectivity index (χ1v) is 9.07. The first-order chi connectivity index (χ1) is 11.4. The molecule has 4 nitrogen and oxygen atoms in total. The molecule has 0 saturated carbocycles. The first-order valence-electron chi connectivity index (χ1n) is 7.46. The fourth-order valence-electron chi connectivity index (χ4n) is 2.09. The molecule has 0 unspecified atom stereocenters. The van der Waals surface area contributed by atoms with Crippen LogP contribution in [0.2, 0.25) is 5.02 Å². The molecule has 0 spiro atoms. The molecule has 2 rings (SSSR count). The summed E-state index contributed by atoms with van der Waals surface area (Å²) in [4.78, 5) is 25.8. The van der Waals surface area contributed by atoms with Crippen molar-refractivity contribution in [2.45, 2.75) is 24.8 Å². The van der Waals surface area contributed by atoms with Crippen molar-refractivity contribution in [2.75, 3.05) is 11.6 Å². The molecule has 2 amide bonds. The maximum absolute atomic E-state index is 12.4. The molecular formula is C18H19ClN2O2S. The van der Waals surface area contributed by atoms with E-state index < -0.39 is 0 Å². The molecule has 126 valence electrons. The van der Waals surface area contributed by atoms with E-state index in [4.69, 9.17) is 11.6 Å². The Morgan fingerprint density at radius 1 is 1.04 bits per heavy atom. The van der Waals surface area contributed by atoms with Crippen LogP contribution >= 0.6 is 23.4 Å². The molecule has 2 aromatic carbocycles. The van der Waals surface area contributed by atoms with Crippen molar-refractivity contribution in [1.29, 1.82) is 0 Å². The van der Waals surface area contributed by atoms with E-state index in [9.17, 15) is 9.59 Å². The number of amides is 2. The number of thioether (sulfide) groups is 1. The molecule has 0 aromatic heterocycles. The molecule has 0 heterocycles. The van der Waals surface area contributed by atoms with Crippen LogP contribution in [0, 0.1) is 0 Å². The Labute approximate surface area is 151 Å². The lowest BCUT2D eigenvalue weighted by Crippen LogP contribution is -2.31. The van der Waals surface area contributed by atoms with E-state index in [0.29, 0.717) is 21.8 Å². The lowest BCUT2D eigenvalue weighted by Gasteiger charge is -2.14. The number of carbonyl (C=O) groups is 2. The van der Waals surface area contributed by atoms with Gasteiger partial charge in [-0.1, -0.05) is 11.6 Å². The highest BCUT2D eigenvalue weighted by Gasteiger charge is 2.15. The van der Waals surface area contributed by atoms with Crippen LogP contribution in [0.4, 0.5) is 5.69 Å². The van der Waals surface area contributed by atoms with Crippen molar-refractivity contribution in [1.82, 2.24) is 5.32 Å². The van der Waals surface area contributed by atoms with Gasteiger partial charge in [0.25, 0.3) is 11.8 Å². The topological polar surface area (TPSA) is 58.2 Å². The summed E-state index contributed by atoms with van der Waals surface area (Å²) in [6.07, 6.45) is 1.97. The number of halogens is 1. The minimum absolute atomic E-state index is 0.00387. The summed E-state index contributed by atoms with van der Waals surface area (Å²) in [5, 5.41) is 6.03. The van der Waals surface area contributed by atoms with Gasteiger partial charge in [-0.25, -0.2) is 0 Å². The second-order valence-electron chi connectivity index (χ2n) is 5.50. The Balaban J connectivity index is 2.25. The standard InChI is InChI=1S/C18H19ClN2O2S/c1-11(2)20-18(23)15-9-6-13(19)10-16(15)21-17(22)12-4-7-14(24-3)8-5-12/h4-11H,1-3H3,(H,20,23)(H,21,22). The van der Waals surface area contributed by atoms with Gasteiger partial charge in [0.2, 0.25) is 0 Å². The quantitative estimate of drug-likeness (QED) is 0.772. The molecule has 2 N–H and O–H groups in total. The minimum Gasteiger partial charge on any atom is -0.350 e. The van der Waals surface area contributed by atoms with Crippen molar-refractivity contribution >= 4 is 40.9 Å². The number of rotatable bonds is 5. The van der Waals surface area contributed by atoms with Crippen LogP contribution in [-0.2, 0) is 0 Å². The third-order valence-electron chi connectivity index (χ3n) is 3.25. The van der Waals surface area contributed by atoms with Gasteiger partial charge in [-0.3, -0.25) is 9.59 Å². The SMILES string of the molecule is CSc1ccc(C(=O)Nc2cc(Cl)ccc2C(=O)NC(C)C)cc1. The minimum atomic E-state index is -0.288. The molecule has 0 aliphatic rings. The van der Waals surface area contributed by atoms with E-state index in [1.54, 1.807) is 42.1 Å². The number of hydrogen-bond acceptors (Lipinski definition) is 3. The number of benzene rings is 2. The maximum Gasteiger partial charge on any atom is 0.255 e. The number of nitrogens with one attached hydrogen (secondary N) is 2. The summed E-state index contributed by atoms with van der Waals surface area (Å²) < 4.78 is 0. The predicted octanol–water partition coefficient (Wildman–Crippen LogP) is 4.45. The Morgan fingerprint density at radius 2 is 1.71 bits per heavy atom.